The number of carbonyl (C=O) groups excluding carboxylic acids is 1. The van der Waals surface area contributed by atoms with Crippen molar-refractivity contribution in [3.05, 3.63) is 35.9 Å². The van der Waals surface area contributed by atoms with Crippen LogP contribution in [0.2, 0.25) is 0 Å². The fourth-order valence-corrected chi connectivity index (χ4v) is 1.18. The topological polar surface area (TPSA) is 61.6 Å². The van der Waals surface area contributed by atoms with Gasteiger partial charge in [0.05, 0.1) is 19.8 Å². The third-order valence-corrected chi connectivity index (χ3v) is 1.96. The zero-order chi connectivity index (χ0) is 11.6. The number of ether oxygens (including phenoxy) is 2. The summed E-state index contributed by atoms with van der Waals surface area (Å²) in [5, 5.41) is 0. The van der Waals surface area contributed by atoms with Gasteiger partial charge in [0.25, 0.3) is 0 Å². The molecule has 1 aromatic carbocycles. The standard InChI is InChI=1S/C12H17NO3/c13-6-7-15-8-9-16-10-12(14)11-4-2-1-3-5-11/h1-5H,6-10,13H2. The lowest BCUT2D eigenvalue weighted by Crippen LogP contribution is -2.15. The van der Waals surface area contributed by atoms with Crippen molar-refractivity contribution in [1.82, 2.24) is 0 Å². The van der Waals surface area contributed by atoms with Crippen molar-refractivity contribution in [1.29, 1.82) is 0 Å². The first kappa shape index (κ1) is 12.8. The Balaban J connectivity index is 2.12. The number of hydrogen-bond donors (Lipinski definition) is 1. The van der Waals surface area contributed by atoms with Gasteiger partial charge in [0.15, 0.2) is 5.78 Å². The first-order valence-corrected chi connectivity index (χ1v) is 5.28. The largest absolute Gasteiger partial charge is 0.378 e. The van der Waals surface area contributed by atoms with Crippen LogP contribution in [0.15, 0.2) is 30.3 Å². The Morgan fingerprint density at radius 1 is 1.06 bits per heavy atom. The van der Waals surface area contributed by atoms with Gasteiger partial charge in [-0.25, -0.2) is 0 Å². The van der Waals surface area contributed by atoms with Crippen molar-refractivity contribution >= 4 is 5.78 Å². The van der Waals surface area contributed by atoms with Gasteiger partial charge < -0.3 is 15.2 Å². The van der Waals surface area contributed by atoms with Crippen LogP contribution in [-0.4, -0.2) is 38.8 Å². The second-order valence-corrected chi connectivity index (χ2v) is 3.24. The summed E-state index contributed by atoms with van der Waals surface area (Å²) in [6, 6.07) is 9.08. The number of Topliss-reactive ketones (excluding diaryl/α,β-unsaturated/α-hetero) is 1. The molecular formula is C12H17NO3. The Labute approximate surface area is 95.3 Å². The number of ketones is 1. The molecule has 88 valence electrons. The van der Waals surface area contributed by atoms with Crippen LogP contribution in [0.25, 0.3) is 0 Å². The molecule has 0 unspecified atom stereocenters. The second kappa shape index (κ2) is 7.98. The van der Waals surface area contributed by atoms with E-state index in [1.807, 2.05) is 18.2 Å². The molecule has 0 heterocycles. The maximum absolute atomic E-state index is 11.5. The van der Waals surface area contributed by atoms with E-state index in [2.05, 4.69) is 0 Å². The number of carbonyl (C=O) groups is 1. The number of nitrogens with two attached hydrogens (primary N) is 1. The van der Waals surface area contributed by atoms with Crippen molar-refractivity contribution in [2.24, 2.45) is 5.73 Å². The van der Waals surface area contributed by atoms with E-state index in [0.29, 0.717) is 31.9 Å². The molecule has 2 N–H and O–H groups in total. The SMILES string of the molecule is NCCOCCOCC(=O)c1ccccc1. The molecule has 0 amide bonds. The summed E-state index contributed by atoms with van der Waals surface area (Å²) in [5.41, 5.74) is 5.92. The molecule has 0 spiro atoms. The summed E-state index contributed by atoms with van der Waals surface area (Å²) in [6.07, 6.45) is 0. The first-order valence-electron chi connectivity index (χ1n) is 5.28. The van der Waals surface area contributed by atoms with Crippen LogP contribution < -0.4 is 5.73 Å². The van der Waals surface area contributed by atoms with Gasteiger partial charge in [-0.15, -0.1) is 0 Å². The van der Waals surface area contributed by atoms with Crippen molar-refractivity contribution in [3.63, 3.8) is 0 Å². The number of rotatable bonds is 8. The van der Waals surface area contributed by atoms with Gasteiger partial charge in [0, 0.05) is 12.1 Å². The summed E-state index contributed by atoms with van der Waals surface area (Å²) in [6.45, 7) is 2.01. The highest BCUT2D eigenvalue weighted by atomic mass is 16.5. The summed E-state index contributed by atoms with van der Waals surface area (Å²) in [4.78, 5) is 11.5. The lowest BCUT2D eigenvalue weighted by atomic mass is 10.1. The highest BCUT2D eigenvalue weighted by Gasteiger charge is 2.03. The smallest absolute Gasteiger partial charge is 0.188 e. The molecule has 0 fully saturated rings. The maximum Gasteiger partial charge on any atom is 0.188 e. The summed E-state index contributed by atoms with van der Waals surface area (Å²) >= 11 is 0. The third-order valence-electron chi connectivity index (χ3n) is 1.96. The second-order valence-electron chi connectivity index (χ2n) is 3.24. The fraction of sp³-hybridized carbons (Fsp3) is 0.417. The van der Waals surface area contributed by atoms with Crippen LogP contribution in [-0.2, 0) is 9.47 Å². The minimum atomic E-state index is -0.0144. The molecule has 1 aromatic rings. The lowest BCUT2D eigenvalue weighted by Gasteiger charge is -2.04. The molecule has 4 nitrogen and oxygen atoms in total. The third kappa shape index (κ3) is 5.02. The highest BCUT2D eigenvalue weighted by Crippen LogP contribution is 1.99. The quantitative estimate of drug-likeness (QED) is 0.524. The van der Waals surface area contributed by atoms with E-state index < -0.39 is 0 Å². The van der Waals surface area contributed by atoms with E-state index in [4.69, 9.17) is 15.2 Å². The van der Waals surface area contributed by atoms with Crippen molar-refractivity contribution < 1.29 is 14.3 Å². The Kier molecular flexibility index (Phi) is 6.41. The van der Waals surface area contributed by atoms with Gasteiger partial charge in [0.2, 0.25) is 0 Å². The normalized spacial score (nSPS) is 10.3. The molecule has 0 aliphatic carbocycles. The molecule has 0 radical (unpaired) electrons. The summed E-state index contributed by atoms with van der Waals surface area (Å²) < 4.78 is 10.3. The van der Waals surface area contributed by atoms with E-state index >= 15 is 0 Å². The van der Waals surface area contributed by atoms with Gasteiger partial charge in [-0.1, -0.05) is 30.3 Å². The van der Waals surface area contributed by atoms with Crippen molar-refractivity contribution in [3.8, 4) is 0 Å². The van der Waals surface area contributed by atoms with Gasteiger partial charge in [-0.3, -0.25) is 4.79 Å². The molecule has 0 aliphatic heterocycles. The van der Waals surface area contributed by atoms with Crippen molar-refractivity contribution in [2.75, 3.05) is 33.0 Å². The van der Waals surface area contributed by atoms with Crippen LogP contribution in [0, 0.1) is 0 Å². The van der Waals surface area contributed by atoms with Crippen LogP contribution in [0.4, 0.5) is 0 Å². The van der Waals surface area contributed by atoms with E-state index in [1.54, 1.807) is 12.1 Å². The molecule has 0 saturated heterocycles. The average molecular weight is 223 g/mol. The molecule has 4 heteroatoms. The predicted molar refractivity (Wildman–Crippen MR) is 61.5 cm³/mol. The summed E-state index contributed by atoms with van der Waals surface area (Å²) in [5.74, 6) is -0.0144. The van der Waals surface area contributed by atoms with Gasteiger partial charge in [-0.2, -0.15) is 0 Å². The van der Waals surface area contributed by atoms with Gasteiger partial charge in [-0.05, 0) is 0 Å². The van der Waals surface area contributed by atoms with Crippen LogP contribution >= 0.6 is 0 Å². The molecule has 1 rings (SSSR count). The molecule has 0 saturated carbocycles. The maximum atomic E-state index is 11.5. The Morgan fingerprint density at radius 3 is 2.44 bits per heavy atom. The van der Waals surface area contributed by atoms with Crippen molar-refractivity contribution in [2.45, 2.75) is 0 Å². The Morgan fingerprint density at radius 2 is 1.75 bits per heavy atom. The van der Waals surface area contributed by atoms with Gasteiger partial charge in [0.1, 0.15) is 6.61 Å². The number of benzene rings is 1. The van der Waals surface area contributed by atoms with Gasteiger partial charge >= 0.3 is 0 Å². The predicted octanol–water partition coefficient (Wildman–Crippen LogP) is 0.861. The summed E-state index contributed by atoms with van der Waals surface area (Å²) in [7, 11) is 0. The molecule has 0 aromatic heterocycles. The van der Waals surface area contributed by atoms with Crippen LogP contribution in [0.1, 0.15) is 10.4 Å². The van der Waals surface area contributed by atoms with E-state index in [1.165, 1.54) is 0 Å². The zero-order valence-electron chi connectivity index (χ0n) is 9.22. The Hall–Kier alpha value is -1.23. The monoisotopic (exact) mass is 223 g/mol. The van der Waals surface area contributed by atoms with E-state index in [-0.39, 0.29) is 12.4 Å². The molecule has 0 aliphatic rings. The fourth-order valence-electron chi connectivity index (χ4n) is 1.18. The molecule has 0 atom stereocenters. The highest BCUT2D eigenvalue weighted by molar-refractivity contribution is 5.96. The van der Waals surface area contributed by atoms with Crippen LogP contribution in [0.5, 0.6) is 0 Å². The Bertz CT molecular complexity index is 300. The first-order chi connectivity index (χ1) is 7.84. The number of hydrogen-bond acceptors (Lipinski definition) is 4. The molecule has 16 heavy (non-hydrogen) atoms. The lowest BCUT2D eigenvalue weighted by molar-refractivity contribution is 0.0460. The van der Waals surface area contributed by atoms with Crippen LogP contribution in [0.3, 0.4) is 0 Å². The minimum Gasteiger partial charge on any atom is -0.378 e. The minimum absolute atomic E-state index is 0.0144. The van der Waals surface area contributed by atoms with E-state index in [0.717, 1.165) is 0 Å². The van der Waals surface area contributed by atoms with E-state index in [9.17, 15) is 4.79 Å². The molecule has 0 bridgehead atoms. The average Bonchev–Trinajstić information content (AvgIpc) is 2.34. The zero-order valence-corrected chi connectivity index (χ0v) is 9.22. The molecular weight excluding hydrogens is 206 g/mol.